The molecule has 1 atom stereocenters. The van der Waals surface area contributed by atoms with Crippen molar-refractivity contribution in [1.82, 2.24) is 5.32 Å². The van der Waals surface area contributed by atoms with Crippen molar-refractivity contribution in [2.45, 2.75) is 32.7 Å². The molecule has 0 radical (unpaired) electrons. The zero-order valence-electron chi connectivity index (χ0n) is 12.5. The Bertz CT molecular complexity index is 442. The van der Waals surface area contributed by atoms with Crippen molar-refractivity contribution < 1.29 is 13.9 Å². The molecule has 1 aromatic rings. The Morgan fingerprint density at radius 1 is 1.45 bits per heavy atom. The minimum absolute atomic E-state index is 0.0747. The largest absolute Gasteiger partial charge is 0.494 e. The summed E-state index contributed by atoms with van der Waals surface area (Å²) in [5.74, 6) is 0.00154. The van der Waals surface area contributed by atoms with E-state index in [4.69, 9.17) is 9.47 Å². The summed E-state index contributed by atoms with van der Waals surface area (Å²) in [6.45, 7) is 6.70. The molecule has 0 aliphatic carbocycles. The van der Waals surface area contributed by atoms with Gasteiger partial charge in [0.2, 0.25) is 0 Å². The second-order valence-corrected chi connectivity index (χ2v) is 5.98. The Hall–Kier alpha value is -1.13. The van der Waals surface area contributed by atoms with E-state index in [9.17, 15) is 4.39 Å². The van der Waals surface area contributed by atoms with Gasteiger partial charge < -0.3 is 14.8 Å². The SMILES string of the molecule is COc1ccc(CC2(CNC(C)C)CCOC2)cc1F. The molecule has 1 N–H and O–H groups in total. The number of ether oxygens (including phenoxy) is 2. The number of hydrogen-bond acceptors (Lipinski definition) is 3. The lowest BCUT2D eigenvalue weighted by molar-refractivity contribution is 0.148. The van der Waals surface area contributed by atoms with Gasteiger partial charge in [0.1, 0.15) is 0 Å². The van der Waals surface area contributed by atoms with Gasteiger partial charge in [-0.05, 0) is 30.5 Å². The van der Waals surface area contributed by atoms with Crippen LogP contribution in [0.3, 0.4) is 0 Å². The van der Waals surface area contributed by atoms with Gasteiger partial charge in [-0.15, -0.1) is 0 Å². The van der Waals surface area contributed by atoms with Crippen LogP contribution in [0.2, 0.25) is 0 Å². The highest BCUT2D eigenvalue weighted by Gasteiger charge is 2.35. The van der Waals surface area contributed by atoms with Crippen LogP contribution in [0, 0.1) is 11.2 Å². The monoisotopic (exact) mass is 281 g/mol. The molecule has 112 valence electrons. The quantitative estimate of drug-likeness (QED) is 0.869. The van der Waals surface area contributed by atoms with Crippen molar-refractivity contribution in [2.75, 3.05) is 26.9 Å². The lowest BCUT2D eigenvalue weighted by Gasteiger charge is -2.29. The summed E-state index contributed by atoms with van der Waals surface area (Å²) in [6.07, 6.45) is 1.84. The molecule has 1 aromatic carbocycles. The third-order valence-electron chi connectivity index (χ3n) is 3.87. The number of benzene rings is 1. The van der Waals surface area contributed by atoms with Crippen LogP contribution in [0.4, 0.5) is 4.39 Å². The zero-order valence-corrected chi connectivity index (χ0v) is 12.5. The molecular weight excluding hydrogens is 257 g/mol. The number of methoxy groups -OCH3 is 1. The Morgan fingerprint density at radius 2 is 2.25 bits per heavy atom. The molecule has 0 spiro atoms. The summed E-state index contributed by atoms with van der Waals surface area (Å²) in [7, 11) is 1.48. The fourth-order valence-corrected chi connectivity index (χ4v) is 2.66. The third-order valence-corrected chi connectivity index (χ3v) is 3.87. The Morgan fingerprint density at radius 3 is 2.80 bits per heavy atom. The maximum absolute atomic E-state index is 13.8. The van der Waals surface area contributed by atoms with Gasteiger partial charge in [-0.1, -0.05) is 19.9 Å². The minimum atomic E-state index is -0.295. The molecule has 0 bridgehead atoms. The summed E-state index contributed by atoms with van der Waals surface area (Å²) >= 11 is 0. The van der Waals surface area contributed by atoms with Crippen molar-refractivity contribution in [2.24, 2.45) is 5.41 Å². The van der Waals surface area contributed by atoms with Gasteiger partial charge in [-0.2, -0.15) is 0 Å². The molecule has 4 heteroatoms. The van der Waals surface area contributed by atoms with Crippen LogP contribution in [0.25, 0.3) is 0 Å². The molecule has 2 rings (SSSR count). The summed E-state index contributed by atoms with van der Waals surface area (Å²) in [5, 5.41) is 3.49. The molecule has 0 saturated carbocycles. The lowest BCUT2D eigenvalue weighted by Crippen LogP contribution is -2.39. The molecule has 1 saturated heterocycles. The first-order valence-corrected chi connectivity index (χ1v) is 7.18. The van der Waals surface area contributed by atoms with Crippen LogP contribution in [0.1, 0.15) is 25.8 Å². The van der Waals surface area contributed by atoms with E-state index in [2.05, 4.69) is 19.2 Å². The summed E-state index contributed by atoms with van der Waals surface area (Å²) in [4.78, 5) is 0. The molecule has 1 aliphatic rings. The highest BCUT2D eigenvalue weighted by atomic mass is 19.1. The van der Waals surface area contributed by atoms with E-state index in [0.29, 0.717) is 11.8 Å². The Kier molecular flexibility index (Phi) is 5.00. The van der Waals surface area contributed by atoms with Gasteiger partial charge in [0.05, 0.1) is 13.7 Å². The van der Waals surface area contributed by atoms with Crippen LogP contribution in [0.15, 0.2) is 18.2 Å². The first kappa shape index (κ1) is 15.3. The Balaban J connectivity index is 2.09. The molecule has 20 heavy (non-hydrogen) atoms. The second-order valence-electron chi connectivity index (χ2n) is 5.98. The number of rotatable bonds is 6. The molecule has 1 unspecified atom stereocenters. The van der Waals surface area contributed by atoms with Crippen molar-refractivity contribution in [3.63, 3.8) is 0 Å². The predicted octanol–water partition coefficient (Wildman–Crippen LogP) is 2.78. The number of hydrogen-bond donors (Lipinski definition) is 1. The molecule has 1 fully saturated rings. The standard InChI is InChI=1S/C16H24FNO2/c1-12(2)18-10-16(6-7-20-11-16)9-13-4-5-15(19-3)14(17)8-13/h4-5,8,12,18H,6-7,9-11H2,1-3H3. The lowest BCUT2D eigenvalue weighted by atomic mass is 9.80. The van der Waals surface area contributed by atoms with Gasteiger partial charge in [-0.3, -0.25) is 0 Å². The average molecular weight is 281 g/mol. The van der Waals surface area contributed by atoms with E-state index >= 15 is 0 Å². The minimum Gasteiger partial charge on any atom is -0.494 e. The zero-order chi connectivity index (χ0) is 14.6. The smallest absolute Gasteiger partial charge is 0.165 e. The van der Waals surface area contributed by atoms with Crippen molar-refractivity contribution in [3.05, 3.63) is 29.6 Å². The van der Waals surface area contributed by atoms with E-state index in [-0.39, 0.29) is 11.2 Å². The summed E-state index contributed by atoms with van der Waals surface area (Å²) in [5.41, 5.74) is 1.07. The van der Waals surface area contributed by atoms with Crippen molar-refractivity contribution in [3.8, 4) is 5.75 Å². The van der Waals surface area contributed by atoms with Gasteiger partial charge in [0.25, 0.3) is 0 Å². The Labute approximate surface area is 120 Å². The third kappa shape index (κ3) is 3.70. The van der Waals surface area contributed by atoms with Gasteiger partial charge in [0.15, 0.2) is 11.6 Å². The van der Waals surface area contributed by atoms with Gasteiger partial charge >= 0.3 is 0 Å². The molecular formula is C16H24FNO2. The van der Waals surface area contributed by atoms with Crippen molar-refractivity contribution in [1.29, 1.82) is 0 Å². The van der Waals surface area contributed by atoms with E-state index in [1.54, 1.807) is 12.1 Å². The van der Waals surface area contributed by atoms with Crippen LogP contribution in [-0.4, -0.2) is 32.9 Å². The normalized spacial score (nSPS) is 22.4. The average Bonchev–Trinajstić information content (AvgIpc) is 2.86. The van der Waals surface area contributed by atoms with E-state index in [1.165, 1.54) is 7.11 Å². The fraction of sp³-hybridized carbons (Fsp3) is 0.625. The van der Waals surface area contributed by atoms with E-state index in [1.807, 2.05) is 6.07 Å². The van der Waals surface area contributed by atoms with Gasteiger partial charge in [-0.25, -0.2) is 4.39 Å². The maximum atomic E-state index is 13.8. The van der Waals surface area contributed by atoms with Crippen LogP contribution < -0.4 is 10.1 Å². The highest BCUT2D eigenvalue weighted by Crippen LogP contribution is 2.33. The first-order chi connectivity index (χ1) is 9.54. The number of nitrogens with one attached hydrogen (secondary N) is 1. The second kappa shape index (κ2) is 6.55. The van der Waals surface area contributed by atoms with E-state index < -0.39 is 0 Å². The first-order valence-electron chi connectivity index (χ1n) is 7.18. The van der Waals surface area contributed by atoms with Crippen LogP contribution in [-0.2, 0) is 11.2 Å². The topological polar surface area (TPSA) is 30.5 Å². The van der Waals surface area contributed by atoms with E-state index in [0.717, 1.165) is 38.2 Å². The van der Waals surface area contributed by atoms with Gasteiger partial charge in [0, 0.05) is 24.6 Å². The molecule has 0 aromatic heterocycles. The summed E-state index contributed by atoms with van der Waals surface area (Å²) in [6, 6.07) is 5.66. The number of halogens is 1. The molecule has 1 heterocycles. The van der Waals surface area contributed by atoms with Crippen molar-refractivity contribution >= 4 is 0 Å². The molecule has 0 amide bonds. The maximum Gasteiger partial charge on any atom is 0.165 e. The summed E-state index contributed by atoms with van der Waals surface area (Å²) < 4.78 is 24.3. The molecule has 1 aliphatic heterocycles. The molecule has 3 nitrogen and oxygen atoms in total. The van der Waals surface area contributed by atoms with Crippen LogP contribution >= 0.6 is 0 Å². The predicted molar refractivity (Wildman–Crippen MR) is 77.7 cm³/mol. The fourth-order valence-electron chi connectivity index (χ4n) is 2.66. The highest BCUT2D eigenvalue weighted by molar-refractivity contribution is 5.30. The van der Waals surface area contributed by atoms with Crippen LogP contribution in [0.5, 0.6) is 5.75 Å².